The zero-order chi connectivity index (χ0) is 12.3. The molecule has 1 rings (SSSR count). The fourth-order valence-corrected chi connectivity index (χ4v) is 1.18. The second-order valence-corrected chi connectivity index (χ2v) is 4.33. The number of carbonyl (C=O) groups excluding carboxylic acids is 1. The van der Waals surface area contributed by atoms with Crippen molar-refractivity contribution in [3.05, 3.63) is 29.8 Å². The van der Waals surface area contributed by atoms with E-state index in [2.05, 4.69) is 17.9 Å². The zero-order valence-corrected chi connectivity index (χ0v) is 9.89. The Hall–Kier alpha value is -1.10. The summed E-state index contributed by atoms with van der Waals surface area (Å²) >= 11 is 4.06. The van der Waals surface area contributed by atoms with Gasteiger partial charge in [0, 0.05) is 0 Å². The molecule has 0 heterocycles. The summed E-state index contributed by atoms with van der Waals surface area (Å²) in [6.07, 6.45) is 0. The SMILES string of the molecule is CC(C)C(S)C(=O)Nc1c(F)cccc1F. The molecule has 16 heavy (non-hydrogen) atoms. The fraction of sp³-hybridized carbons (Fsp3) is 0.364. The van der Waals surface area contributed by atoms with Crippen LogP contribution in [0.4, 0.5) is 14.5 Å². The third-order valence-electron chi connectivity index (χ3n) is 2.11. The fourth-order valence-electron chi connectivity index (χ4n) is 1.12. The first-order chi connectivity index (χ1) is 7.43. The Morgan fingerprint density at radius 1 is 1.31 bits per heavy atom. The molecule has 0 aliphatic carbocycles. The van der Waals surface area contributed by atoms with Gasteiger partial charge in [-0.25, -0.2) is 8.78 Å². The van der Waals surface area contributed by atoms with Crippen LogP contribution in [0.15, 0.2) is 18.2 Å². The molecule has 0 bridgehead atoms. The highest BCUT2D eigenvalue weighted by Crippen LogP contribution is 2.20. The van der Waals surface area contributed by atoms with Crippen molar-refractivity contribution in [1.29, 1.82) is 0 Å². The average Bonchev–Trinajstić information content (AvgIpc) is 2.22. The molecule has 1 aromatic rings. The summed E-state index contributed by atoms with van der Waals surface area (Å²) in [6, 6.07) is 3.41. The van der Waals surface area contributed by atoms with Crippen molar-refractivity contribution >= 4 is 24.2 Å². The van der Waals surface area contributed by atoms with E-state index in [0.29, 0.717) is 0 Å². The molecule has 0 aliphatic rings. The van der Waals surface area contributed by atoms with Gasteiger partial charge in [-0.1, -0.05) is 19.9 Å². The average molecular weight is 245 g/mol. The number of rotatable bonds is 3. The molecule has 0 aromatic heterocycles. The van der Waals surface area contributed by atoms with Crippen LogP contribution in [0.3, 0.4) is 0 Å². The maximum absolute atomic E-state index is 13.2. The molecule has 88 valence electrons. The van der Waals surface area contributed by atoms with Gasteiger partial charge in [0.25, 0.3) is 0 Å². The summed E-state index contributed by atoms with van der Waals surface area (Å²) in [7, 11) is 0. The normalized spacial score (nSPS) is 12.6. The molecule has 2 nitrogen and oxygen atoms in total. The number of halogens is 2. The molecule has 0 radical (unpaired) electrons. The van der Waals surface area contributed by atoms with E-state index in [0.717, 1.165) is 12.1 Å². The van der Waals surface area contributed by atoms with Gasteiger partial charge in [0.1, 0.15) is 17.3 Å². The van der Waals surface area contributed by atoms with Gasteiger partial charge in [0.15, 0.2) is 0 Å². The van der Waals surface area contributed by atoms with Gasteiger partial charge >= 0.3 is 0 Å². The van der Waals surface area contributed by atoms with Gasteiger partial charge in [-0.3, -0.25) is 4.79 Å². The summed E-state index contributed by atoms with van der Waals surface area (Å²) in [5, 5.41) is 1.60. The van der Waals surface area contributed by atoms with Crippen molar-refractivity contribution in [3.8, 4) is 0 Å². The van der Waals surface area contributed by atoms with Crippen molar-refractivity contribution in [2.75, 3.05) is 5.32 Å². The predicted molar refractivity (Wildman–Crippen MR) is 62.6 cm³/mol. The Morgan fingerprint density at radius 2 is 1.81 bits per heavy atom. The first-order valence-electron chi connectivity index (χ1n) is 4.86. The molecule has 1 N–H and O–H groups in total. The van der Waals surface area contributed by atoms with Crippen LogP contribution in [0.1, 0.15) is 13.8 Å². The van der Waals surface area contributed by atoms with E-state index in [1.54, 1.807) is 13.8 Å². The minimum Gasteiger partial charge on any atom is -0.320 e. The minimum absolute atomic E-state index is 0.0156. The summed E-state index contributed by atoms with van der Waals surface area (Å²) in [5.74, 6) is -2.12. The number of hydrogen-bond donors (Lipinski definition) is 2. The lowest BCUT2D eigenvalue weighted by Crippen LogP contribution is -2.28. The highest BCUT2D eigenvalue weighted by Gasteiger charge is 2.20. The third kappa shape index (κ3) is 2.95. The standard InChI is InChI=1S/C11H13F2NOS/c1-6(2)10(16)11(15)14-9-7(12)4-3-5-8(9)13/h3-6,10,16H,1-2H3,(H,14,15). The molecular weight excluding hydrogens is 232 g/mol. The van der Waals surface area contributed by atoms with Crippen LogP contribution >= 0.6 is 12.6 Å². The van der Waals surface area contributed by atoms with Gasteiger partial charge in [-0.2, -0.15) is 12.6 Å². The van der Waals surface area contributed by atoms with Gasteiger partial charge in [0.05, 0.1) is 5.25 Å². The number of para-hydroxylation sites is 1. The maximum atomic E-state index is 13.2. The second-order valence-electron chi connectivity index (χ2n) is 3.77. The van der Waals surface area contributed by atoms with E-state index in [-0.39, 0.29) is 5.92 Å². The molecule has 0 spiro atoms. The molecule has 0 aliphatic heterocycles. The van der Waals surface area contributed by atoms with E-state index in [1.807, 2.05) is 0 Å². The van der Waals surface area contributed by atoms with Gasteiger partial charge in [-0.15, -0.1) is 0 Å². The summed E-state index contributed by atoms with van der Waals surface area (Å²) in [6.45, 7) is 3.60. The van der Waals surface area contributed by atoms with E-state index >= 15 is 0 Å². The number of thiol groups is 1. The highest BCUT2D eigenvalue weighted by atomic mass is 32.1. The highest BCUT2D eigenvalue weighted by molar-refractivity contribution is 7.81. The molecule has 1 amide bonds. The predicted octanol–water partition coefficient (Wildman–Crippen LogP) is 2.86. The van der Waals surface area contributed by atoms with Crippen molar-refractivity contribution in [2.45, 2.75) is 19.1 Å². The number of benzene rings is 1. The van der Waals surface area contributed by atoms with Crippen molar-refractivity contribution in [1.82, 2.24) is 0 Å². The van der Waals surface area contributed by atoms with Crippen LogP contribution in [0.5, 0.6) is 0 Å². The molecule has 5 heteroatoms. The maximum Gasteiger partial charge on any atom is 0.237 e. The van der Waals surface area contributed by atoms with Gasteiger partial charge in [0.2, 0.25) is 5.91 Å². The molecular formula is C11H13F2NOS. The first kappa shape index (κ1) is 13.0. The van der Waals surface area contributed by atoms with Crippen LogP contribution in [-0.4, -0.2) is 11.2 Å². The lowest BCUT2D eigenvalue weighted by Gasteiger charge is -2.15. The van der Waals surface area contributed by atoms with E-state index in [9.17, 15) is 13.6 Å². The quantitative estimate of drug-likeness (QED) is 0.788. The third-order valence-corrected chi connectivity index (χ3v) is 2.94. The van der Waals surface area contributed by atoms with Crippen molar-refractivity contribution in [3.63, 3.8) is 0 Å². The summed E-state index contributed by atoms with van der Waals surface area (Å²) < 4.78 is 26.4. The molecule has 0 saturated carbocycles. The molecule has 0 saturated heterocycles. The Morgan fingerprint density at radius 3 is 2.25 bits per heavy atom. The number of hydrogen-bond acceptors (Lipinski definition) is 2. The van der Waals surface area contributed by atoms with Crippen molar-refractivity contribution in [2.24, 2.45) is 5.92 Å². The Balaban J connectivity index is 2.85. The van der Waals surface area contributed by atoms with Crippen molar-refractivity contribution < 1.29 is 13.6 Å². The monoisotopic (exact) mass is 245 g/mol. The Bertz CT molecular complexity index is 375. The summed E-state index contributed by atoms with van der Waals surface area (Å²) in [5.41, 5.74) is -0.424. The van der Waals surface area contributed by atoms with E-state index in [1.165, 1.54) is 6.07 Å². The van der Waals surface area contributed by atoms with Crippen LogP contribution in [0.2, 0.25) is 0 Å². The second kappa shape index (κ2) is 5.30. The van der Waals surface area contributed by atoms with E-state index in [4.69, 9.17) is 0 Å². The molecule has 1 unspecified atom stereocenters. The van der Waals surface area contributed by atoms with Crippen LogP contribution < -0.4 is 5.32 Å². The van der Waals surface area contributed by atoms with Gasteiger partial charge < -0.3 is 5.32 Å². The first-order valence-corrected chi connectivity index (χ1v) is 5.38. The van der Waals surface area contributed by atoms with Crippen LogP contribution in [0.25, 0.3) is 0 Å². The number of carbonyl (C=O) groups is 1. The van der Waals surface area contributed by atoms with Crippen LogP contribution in [0, 0.1) is 17.6 Å². The smallest absolute Gasteiger partial charge is 0.237 e. The zero-order valence-electron chi connectivity index (χ0n) is 9.00. The number of amides is 1. The lowest BCUT2D eigenvalue weighted by atomic mass is 10.1. The lowest BCUT2D eigenvalue weighted by molar-refractivity contribution is -0.116. The van der Waals surface area contributed by atoms with E-state index < -0.39 is 28.5 Å². The molecule has 1 aromatic carbocycles. The molecule has 1 atom stereocenters. The number of anilines is 1. The number of nitrogens with one attached hydrogen (secondary N) is 1. The topological polar surface area (TPSA) is 29.1 Å². The van der Waals surface area contributed by atoms with Crippen LogP contribution in [-0.2, 0) is 4.79 Å². The largest absolute Gasteiger partial charge is 0.320 e. The molecule has 0 fully saturated rings. The Kier molecular flexibility index (Phi) is 4.29. The summed E-state index contributed by atoms with van der Waals surface area (Å²) in [4.78, 5) is 11.5. The minimum atomic E-state index is -0.794. The Labute approximate surface area is 98.5 Å². The van der Waals surface area contributed by atoms with Gasteiger partial charge in [-0.05, 0) is 18.1 Å².